The lowest BCUT2D eigenvalue weighted by Gasteiger charge is -2.02. The fraction of sp³-hybridized carbons (Fsp3) is 0. The van der Waals surface area contributed by atoms with E-state index >= 15 is 0 Å². The second-order valence-corrected chi connectivity index (χ2v) is 4.06. The van der Waals surface area contributed by atoms with E-state index in [1.807, 2.05) is 0 Å². The molecule has 2 N–H and O–H groups in total. The van der Waals surface area contributed by atoms with Crippen molar-refractivity contribution in [2.24, 2.45) is 0 Å². The summed E-state index contributed by atoms with van der Waals surface area (Å²) < 4.78 is 30.9. The van der Waals surface area contributed by atoms with Crippen LogP contribution < -0.4 is 4.72 Å². The van der Waals surface area contributed by atoms with E-state index in [1.165, 1.54) is 6.07 Å². The predicted molar refractivity (Wildman–Crippen MR) is 53.3 cm³/mol. The first-order valence-corrected chi connectivity index (χ1v) is 5.30. The zero-order valence-corrected chi connectivity index (χ0v) is 8.62. The molecule has 0 unspecified atom stereocenters. The average molecular weight is 253 g/mol. The van der Waals surface area contributed by atoms with Gasteiger partial charge in [-0.15, -0.1) is 0 Å². The van der Waals surface area contributed by atoms with E-state index in [9.17, 15) is 18.5 Å². The molecular weight excluding hydrogens is 248 g/mol. The van der Waals surface area contributed by atoms with E-state index in [0.29, 0.717) is 0 Å². The Morgan fingerprint density at radius 2 is 2.07 bits per heavy atom. The van der Waals surface area contributed by atoms with Crippen LogP contribution >= 0.6 is 11.6 Å². The normalized spacial score (nSPS) is 11.1. The van der Waals surface area contributed by atoms with Gasteiger partial charge >= 0.3 is 10.3 Å². The summed E-state index contributed by atoms with van der Waals surface area (Å²) in [6, 6.07) is 3.23. The van der Waals surface area contributed by atoms with Gasteiger partial charge in [0.2, 0.25) is 0 Å². The van der Waals surface area contributed by atoms with Crippen molar-refractivity contribution in [3.63, 3.8) is 0 Å². The molecule has 0 aliphatic rings. The third kappa shape index (κ3) is 3.35. The molecule has 0 heterocycles. The molecule has 1 aromatic rings. The first-order chi connectivity index (χ1) is 6.79. The Balaban J connectivity index is 3.14. The molecule has 82 valence electrons. The van der Waals surface area contributed by atoms with Crippen molar-refractivity contribution < 1.29 is 17.9 Å². The number of nitro benzene ring substituents is 1. The van der Waals surface area contributed by atoms with Crippen molar-refractivity contribution in [3.8, 4) is 0 Å². The van der Waals surface area contributed by atoms with E-state index in [0.717, 1.165) is 12.1 Å². The number of rotatable bonds is 3. The molecule has 0 bridgehead atoms. The Labute approximate surface area is 89.7 Å². The number of hydrogen-bond acceptors (Lipinski definition) is 4. The average Bonchev–Trinajstić information content (AvgIpc) is 2.05. The summed E-state index contributed by atoms with van der Waals surface area (Å²) in [6.45, 7) is 0. The first kappa shape index (κ1) is 11.7. The fourth-order valence-corrected chi connectivity index (χ4v) is 1.48. The van der Waals surface area contributed by atoms with Crippen molar-refractivity contribution >= 4 is 33.3 Å². The van der Waals surface area contributed by atoms with Crippen LogP contribution in [0, 0.1) is 10.1 Å². The Hall–Kier alpha value is -1.38. The molecular formula is C6H5ClN2O5S. The third-order valence-electron chi connectivity index (χ3n) is 1.39. The van der Waals surface area contributed by atoms with Gasteiger partial charge in [-0.1, -0.05) is 11.6 Å². The molecule has 0 aliphatic carbocycles. The molecule has 0 saturated carbocycles. The lowest BCUT2D eigenvalue weighted by Crippen LogP contribution is -2.10. The molecule has 0 radical (unpaired) electrons. The van der Waals surface area contributed by atoms with E-state index in [2.05, 4.69) is 0 Å². The van der Waals surface area contributed by atoms with Gasteiger partial charge in [0, 0.05) is 6.07 Å². The van der Waals surface area contributed by atoms with Crippen molar-refractivity contribution in [2.75, 3.05) is 4.72 Å². The maximum Gasteiger partial charge on any atom is 0.357 e. The van der Waals surface area contributed by atoms with Crippen LogP contribution in [0.5, 0.6) is 0 Å². The number of nitrogens with zero attached hydrogens (tertiary/aromatic N) is 1. The van der Waals surface area contributed by atoms with E-state index in [1.54, 1.807) is 4.72 Å². The van der Waals surface area contributed by atoms with Gasteiger partial charge in [0.25, 0.3) is 5.69 Å². The van der Waals surface area contributed by atoms with Crippen LogP contribution in [0.2, 0.25) is 5.02 Å². The molecule has 1 rings (SSSR count). The van der Waals surface area contributed by atoms with Crippen LogP contribution in [0.3, 0.4) is 0 Å². The second kappa shape index (κ2) is 4.01. The molecule has 7 nitrogen and oxygen atoms in total. The quantitative estimate of drug-likeness (QED) is 0.481. The Morgan fingerprint density at radius 3 is 2.53 bits per heavy atom. The first-order valence-electron chi connectivity index (χ1n) is 3.49. The monoisotopic (exact) mass is 252 g/mol. The van der Waals surface area contributed by atoms with Gasteiger partial charge in [-0.05, 0) is 12.1 Å². The fourth-order valence-electron chi connectivity index (χ4n) is 0.865. The van der Waals surface area contributed by atoms with E-state index in [-0.39, 0.29) is 10.7 Å². The molecule has 0 saturated heterocycles. The lowest BCUT2D eigenvalue weighted by atomic mass is 10.3. The summed E-state index contributed by atoms with van der Waals surface area (Å²) in [5.74, 6) is 0. The highest BCUT2D eigenvalue weighted by atomic mass is 35.5. The highest BCUT2D eigenvalue weighted by molar-refractivity contribution is 7.87. The van der Waals surface area contributed by atoms with Crippen molar-refractivity contribution in [1.29, 1.82) is 0 Å². The van der Waals surface area contributed by atoms with Crippen LogP contribution in [0.15, 0.2) is 18.2 Å². The standard InChI is InChI=1S/C6H5ClN2O5S/c7-5-2-1-4(8-15(12,13)14)3-6(5)9(10)11/h1-3,8H,(H,12,13,14). The Morgan fingerprint density at radius 1 is 1.47 bits per heavy atom. The van der Waals surface area contributed by atoms with Gasteiger partial charge < -0.3 is 0 Å². The summed E-state index contributed by atoms with van der Waals surface area (Å²) >= 11 is 5.48. The van der Waals surface area contributed by atoms with Crippen LogP contribution in [0.4, 0.5) is 11.4 Å². The SMILES string of the molecule is O=[N+]([O-])c1cc(NS(=O)(=O)O)ccc1Cl. The van der Waals surface area contributed by atoms with Crippen LogP contribution in [-0.2, 0) is 10.3 Å². The van der Waals surface area contributed by atoms with Gasteiger partial charge in [0.1, 0.15) is 5.02 Å². The second-order valence-electron chi connectivity index (χ2n) is 2.50. The highest BCUT2D eigenvalue weighted by Crippen LogP contribution is 2.27. The molecule has 0 aliphatic heterocycles. The molecule has 1 aromatic carbocycles. The predicted octanol–water partition coefficient (Wildman–Crippen LogP) is 1.46. The Bertz CT molecular complexity index is 500. The molecule has 0 amide bonds. The summed E-state index contributed by atoms with van der Waals surface area (Å²) in [5.41, 5.74) is -0.598. The molecule has 0 aromatic heterocycles. The van der Waals surface area contributed by atoms with E-state index in [4.69, 9.17) is 16.2 Å². The summed E-state index contributed by atoms with van der Waals surface area (Å²) in [6.07, 6.45) is 0. The maximum atomic E-state index is 10.4. The lowest BCUT2D eigenvalue weighted by molar-refractivity contribution is -0.384. The third-order valence-corrected chi connectivity index (χ3v) is 2.20. The van der Waals surface area contributed by atoms with Crippen LogP contribution in [-0.4, -0.2) is 17.9 Å². The minimum absolute atomic E-state index is 0.124. The van der Waals surface area contributed by atoms with Crippen molar-refractivity contribution in [2.45, 2.75) is 0 Å². The van der Waals surface area contributed by atoms with Crippen molar-refractivity contribution in [3.05, 3.63) is 33.3 Å². The van der Waals surface area contributed by atoms with Crippen molar-refractivity contribution in [1.82, 2.24) is 0 Å². The molecule has 0 spiro atoms. The zero-order valence-electron chi connectivity index (χ0n) is 7.05. The van der Waals surface area contributed by atoms with Gasteiger partial charge in [0.15, 0.2) is 0 Å². The van der Waals surface area contributed by atoms with Gasteiger partial charge in [-0.25, -0.2) is 0 Å². The van der Waals surface area contributed by atoms with Crippen LogP contribution in [0.1, 0.15) is 0 Å². The van der Waals surface area contributed by atoms with Gasteiger partial charge in [0.05, 0.1) is 10.6 Å². The topological polar surface area (TPSA) is 110 Å². The zero-order chi connectivity index (χ0) is 11.6. The van der Waals surface area contributed by atoms with Gasteiger partial charge in [-0.3, -0.25) is 19.4 Å². The largest absolute Gasteiger partial charge is 0.357 e. The van der Waals surface area contributed by atoms with Gasteiger partial charge in [-0.2, -0.15) is 8.42 Å². The number of hydrogen-bond donors (Lipinski definition) is 2. The highest BCUT2D eigenvalue weighted by Gasteiger charge is 2.14. The molecule has 15 heavy (non-hydrogen) atoms. The van der Waals surface area contributed by atoms with E-state index < -0.39 is 20.9 Å². The summed E-state index contributed by atoms with van der Waals surface area (Å²) in [7, 11) is -4.45. The molecule has 0 fully saturated rings. The number of halogens is 1. The number of nitro groups is 1. The number of anilines is 1. The Kier molecular flexibility index (Phi) is 3.12. The molecule has 9 heteroatoms. The molecule has 0 atom stereocenters. The van der Waals surface area contributed by atoms with Crippen LogP contribution in [0.25, 0.3) is 0 Å². The number of benzene rings is 1. The summed E-state index contributed by atoms with van der Waals surface area (Å²) in [5, 5.41) is 10.3. The minimum Gasteiger partial charge on any atom is -0.269 e. The smallest absolute Gasteiger partial charge is 0.269 e. The number of nitrogens with one attached hydrogen (secondary N) is 1. The minimum atomic E-state index is -4.45. The maximum absolute atomic E-state index is 10.4. The summed E-state index contributed by atoms with van der Waals surface area (Å²) in [4.78, 5) is 9.65.